The van der Waals surface area contributed by atoms with Crippen LogP contribution in [-0.4, -0.2) is 116 Å². The number of carbonyl (C=O) groups excluding carboxylic acids is 4. The second-order valence-electron chi connectivity index (χ2n) is 21.0. The second kappa shape index (κ2) is 33.6. The SMILES string of the molecule is CO.COC(=O)c1ccc2ccn(CCCN(C(=O)OC(C)(C)C)c3ccc(OC)cc3)c(=O)c2c1.COC(=O)c1ccc2ccn(CCCNc3ccc(OC)cc3)c(=O)c2c1.COc1ccc(NCCCn2ccc3ccc(C(=O)NO)cc3c2=O)cc1. The lowest BCUT2D eigenvalue weighted by molar-refractivity contribution is 0.0574. The van der Waals surface area contributed by atoms with E-state index in [1.165, 1.54) is 20.3 Å². The molecule has 0 aliphatic carbocycles. The van der Waals surface area contributed by atoms with Crippen LogP contribution < -0.4 is 51.9 Å². The highest BCUT2D eigenvalue weighted by atomic mass is 16.6. The fraction of sp³-hybridized carbons (Fsp3) is 0.279. The summed E-state index contributed by atoms with van der Waals surface area (Å²) in [5.74, 6) is 0.712. The van der Waals surface area contributed by atoms with Crippen LogP contribution in [0, 0.1) is 0 Å². The first-order chi connectivity index (χ1) is 43.4. The van der Waals surface area contributed by atoms with E-state index in [0.717, 1.165) is 65.5 Å². The molecule has 9 rings (SSSR count). The number of aliphatic hydroxyl groups is 1. The molecule has 474 valence electrons. The van der Waals surface area contributed by atoms with Crippen molar-refractivity contribution in [1.82, 2.24) is 19.2 Å². The summed E-state index contributed by atoms with van der Waals surface area (Å²) in [5, 5.41) is 26.1. The number of fused-ring (bicyclic) bond motifs is 3. The van der Waals surface area contributed by atoms with Crippen LogP contribution in [-0.2, 0) is 33.8 Å². The van der Waals surface area contributed by atoms with E-state index in [0.29, 0.717) is 77.9 Å². The standard InChI is InChI=1S/C26H30N2O6.C21H22N2O4.C20H21N3O4.CH4O/c1-26(2,3)34-25(31)28(20-9-11-21(32-4)12-10-20)15-6-14-27-16-13-18-7-8-19(24(30)33-5)17-22(18)23(27)29;1-26-18-8-6-17(7-9-18)22-11-3-12-23-13-10-15-4-5-16(21(25)27-2)14-19(15)20(23)24;1-27-17-7-5-16(6-8-17)21-10-2-11-23-12-9-14-3-4-15(19(24)22-26)13-18(14)20(23)25;1-2/h7-13,16-17H,6,14-15H2,1-5H3;4-10,13-14,22H,3,11-12H2,1-2H3;3-9,12-13,21,26H,2,10-11H2,1H3,(H,22,24);2H,1H3. The molecule has 0 radical (unpaired) electrons. The zero-order chi connectivity index (χ0) is 65.3. The maximum Gasteiger partial charge on any atom is 0.414 e. The molecule has 6 aromatic carbocycles. The van der Waals surface area contributed by atoms with Gasteiger partial charge in [0, 0.05) is 104 Å². The minimum atomic E-state index is -0.644. The Morgan fingerprint density at radius 2 is 0.833 bits per heavy atom. The molecule has 0 aliphatic rings. The smallest absolute Gasteiger partial charge is 0.414 e. The van der Waals surface area contributed by atoms with E-state index in [1.54, 1.807) is 137 Å². The van der Waals surface area contributed by atoms with Gasteiger partial charge in [-0.3, -0.25) is 29.3 Å². The van der Waals surface area contributed by atoms with Crippen LogP contribution in [0.15, 0.2) is 179 Å². The average molecular weight is 1230 g/mol. The highest BCUT2D eigenvalue weighted by molar-refractivity contribution is 5.98. The number of nitrogens with zero attached hydrogens (tertiary/aromatic N) is 4. The summed E-state index contributed by atoms with van der Waals surface area (Å²) in [6.07, 6.45) is 6.84. The van der Waals surface area contributed by atoms with Gasteiger partial charge in [0.15, 0.2) is 0 Å². The predicted molar refractivity (Wildman–Crippen MR) is 348 cm³/mol. The zero-order valence-corrected chi connectivity index (χ0v) is 51.9. The summed E-state index contributed by atoms with van der Waals surface area (Å²) >= 11 is 0. The Hall–Kier alpha value is -10.5. The van der Waals surface area contributed by atoms with Gasteiger partial charge in [0.1, 0.15) is 22.8 Å². The molecule has 22 heteroatoms. The van der Waals surface area contributed by atoms with Crippen LogP contribution in [0.25, 0.3) is 32.3 Å². The number of ether oxygens (including phenoxy) is 6. The number of aromatic nitrogens is 3. The molecule has 90 heavy (non-hydrogen) atoms. The number of hydroxylamine groups is 1. The summed E-state index contributed by atoms with van der Waals surface area (Å²) < 4.78 is 35.4. The minimum absolute atomic E-state index is 0.109. The largest absolute Gasteiger partial charge is 0.497 e. The number of esters is 2. The predicted octanol–water partition coefficient (Wildman–Crippen LogP) is 10.2. The number of hydrogen-bond donors (Lipinski definition) is 5. The van der Waals surface area contributed by atoms with Crippen molar-refractivity contribution in [3.05, 3.63) is 212 Å². The van der Waals surface area contributed by atoms with Crippen molar-refractivity contribution in [1.29, 1.82) is 0 Å². The number of benzene rings is 6. The first-order valence-corrected chi connectivity index (χ1v) is 28.7. The number of pyridine rings is 3. The van der Waals surface area contributed by atoms with Crippen LogP contribution in [0.3, 0.4) is 0 Å². The van der Waals surface area contributed by atoms with Gasteiger partial charge in [-0.25, -0.2) is 19.9 Å². The third kappa shape index (κ3) is 19.0. The van der Waals surface area contributed by atoms with E-state index in [1.807, 2.05) is 87.5 Å². The number of aryl methyl sites for hydroxylation is 3. The molecule has 2 amide bonds. The molecule has 3 aromatic heterocycles. The molecule has 0 atom stereocenters. The molecule has 5 N–H and O–H groups in total. The normalized spacial score (nSPS) is 10.7. The third-order valence-electron chi connectivity index (χ3n) is 13.9. The summed E-state index contributed by atoms with van der Waals surface area (Å²) in [7, 11) is 8.47. The molecule has 0 saturated carbocycles. The Morgan fingerprint density at radius 3 is 1.19 bits per heavy atom. The topological polar surface area (TPSA) is 269 Å². The molecule has 0 spiro atoms. The number of anilines is 3. The molecule has 3 heterocycles. The summed E-state index contributed by atoms with van der Waals surface area (Å²) in [5.41, 5.74) is 4.05. The van der Waals surface area contributed by atoms with E-state index in [4.69, 9.17) is 38.7 Å². The van der Waals surface area contributed by atoms with Crippen LogP contribution >= 0.6 is 0 Å². The number of carbonyl (C=O) groups is 4. The number of aliphatic hydroxyl groups excluding tert-OH is 1. The van der Waals surface area contributed by atoms with Crippen molar-refractivity contribution >= 4 is 73.3 Å². The lowest BCUT2D eigenvalue weighted by atomic mass is 10.1. The molecule has 0 fully saturated rings. The highest BCUT2D eigenvalue weighted by Gasteiger charge is 2.24. The molecule has 0 saturated heterocycles. The van der Waals surface area contributed by atoms with Gasteiger partial charge >= 0.3 is 18.0 Å². The monoisotopic (exact) mass is 1230 g/mol. The molecule has 22 nitrogen and oxygen atoms in total. The molecule has 0 bridgehead atoms. The molecular weight excluding hydrogens is 1150 g/mol. The van der Waals surface area contributed by atoms with Crippen molar-refractivity contribution in [2.45, 2.75) is 65.3 Å². The summed E-state index contributed by atoms with van der Waals surface area (Å²) in [4.78, 5) is 87.9. The first kappa shape index (κ1) is 68.7. The van der Waals surface area contributed by atoms with Gasteiger partial charge < -0.3 is 57.9 Å². The maximum atomic E-state index is 13.0. The number of amides is 2. The Morgan fingerprint density at radius 1 is 0.478 bits per heavy atom. The highest BCUT2D eigenvalue weighted by Crippen LogP contribution is 2.24. The van der Waals surface area contributed by atoms with E-state index in [2.05, 4.69) is 10.6 Å². The van der Waals surface area contributed by atoms with E-state index < -0.39 is 29.5 Å². The van der Waals surface area contributed by atoms with Gasteiger partial charge in [0.2, 0.25) is 0 Å². The van der Waals surface area contributed by atoms with Crippen molar-refractivity contribution in [2.24, 2.45) is 0 Å². The minimum Gasteiger partial charge on any atom is -0.497 e. The quantitative estimate of drug-likeness (QED) is 0.0147. The molecular formula is C68H77N7O15. The van der Waals surface area contributed by atoms with E-state index >= 15 is 0 Å². The van der Waals surface area contributed by atoms with Gasteiger partial charge in [-0.05, 0) is 184 Å². The number of hydrogen-bond acceptors (Lipinski definition) is 17. The van der Waals surface area contributed by atoms with Gasteiger partial charge in [-0.15, -0.1) is 0 Å². The van der Waals surface area contributed by atoms with Gasteiger partial charge in [-0.2, -0.15) is 0 Å². The first-order valence-electron chi connectivity index (χ1n) is 28.7. The Bertz CT molecular complexity index is 3880. The number of nitrogens with one attached hydrogen (secondary N) is 3. The fourth-order valence-electron chi connectivity index (χ4n) is 9.25. The fourth-order valence-corrected chi connectivity index (χ4v) is 9.25. The third-order valence-corrected chi connectivity index (χ3v) is 13.9. The van der Waals surface area contributed by atoms with E-state index in [9.17, 15) is 33.6 Å². The lowest BCUT2D eigenvalue weighted by Gasteiger charge is -2.27. The van der Waals surface area contributed by atoms with Gasteiger partial charge in [0.05, 0.1) is 46.7 Å². The Labute approximate surface area is 520 Å². The van der Waals surface area contributed by atoms with Crippen molar-refractivity contribution in [3.8, 4) is 17.2 Å². The Kier molecular flexibility index (Phi) is 25.6. The molecule has 0 aliphatic heterocycles. The number of rotatable bonds is 21. The van der Waals surface area contributed by atoms with Crippen molar-refractivity contribution in [2.75, 3.05) is 77.8 Å². The summed E-state index contributed by atoms with van der Waals surface area (Å²) in [6.45, 7) is 8.75. The summed E-state index contributed by atoms with van der Waals surface area (Å²) in [6, 6.07) is 42.7. The van der Waals surface area contributed by atoms with Crippen LogP contribution in [0.2, 0.25) is 0 Å². The second-order valence-corrected chi connectivity index (χ2v) is 21.0. The van der Waals surface area contributed by atoms with Gasteiger partial charge in [-0.1, -0.05) is 18.2 Å². The van der Waals surface area contributed by atoms with Crippen LogP contribution in [0.4, 0.5) is 21.9 Å². The van der Waals surface area contributed by atoms with Crippen LogP contribution in [0.1, 0.15) is 71.1 Å². The Balaban J connectivity index is 0.000000214. The van der Waals surface area contributed by atoms with Gasteiger partial charge in [0.25, 0.3) is 22.6 Å². The van der Waals surface area contributed by atoms with Crippen molar-refractivity contribution < 1.29 is 57.9 Å². The van der Waals surface area contributed by atoms with Crippen LogP contribution in [0.5, 0.6) is 17.2 Å². The molecule has 9 aromatic rings. The average Bonchev–Trinajstić information content (AvgIpc) is 0.996. The van der Waals surface area contributed by atoms with Crippen molar-refractivity contribution in [3.63, 3.8) is 0 Å². The maximum absolute atomic E-state index is 13.0. The number of methoxy groups -OCH3 is 5. The zero-order valence-electron chi connectivity index (χ0n) is 51.9. The lowest BCUT2D eigenvalue weighted by Crippen LogP contribution is -2.38. The molecule has 0 unspecified atom stereocenters. The van der Waals surface area contributed by atoms with E-state index in [-0.39, 0.29) is 22.2 Å².